The van der Waals surface area contributed by atoms with E-state index < -0.39 is 0 Å². The van der Waals surface area contributed by atoms with Crippen molar-refractivity contribution in [3.63, 3.8) is 0 Å². The summed E-state index contributed by atoms with van der Waals surface area (Å²) in [5, 5.41) is 8.77. The summed E-state index contributed by atoms with van der Waals surface area (Å²) in [6, 6.07) is 7.07. The summed E-state index contributed by atoms with van der Waals surface area (Å²) >= 11 is 0. The van der Waals surface area contributed by atoms with E-state index in [2.05, 4.69) is 16.8 Å². The number of rotatable bonds is 4. The predicted octanol–water partition coefficient (Wildman–Crippen LogP) is 2.84. The Bertz CT molecular complexity index is 674. The topological polar surface area (TPSA) is 42.4 Å². The molecule has 2 aromatic rings. The van der Waals surface area contributed by atoms with Gasteiger partial charge in [-0.3, -0.25) is 4.98 Å². The van der Waals surface area contributed by atoms with Crippen LogP contribution in [0, 0.1) is 24.6 Å². The van der Waals surface area contributed by atoms with Crippen LogP contribution in [0.25, 0.3) is 0 Å². The number of aryl methyl sites for hydroxylation is 1. The second-order valence-electron chi connectivity index (χ2n) is 4.58. The van der Waals surface area contributed by atoms with Crippen LogP contribution in [0.15, 0.2) is 36.7 Å². The maximum atomic E-state index is 13.1. The molecule has 0 saturated heterocycles. The van der Waals surface area contributed by atoms with E-state index in [1.807, 2.05) is 25.1 Å². The normalized spacial score (nSPS) is 9.86. The first-order valence-corrected chi connectivity index (χ1v) is 6.61. The average Bonchev–Trinajstić information content (AvgIpc) is 2.47. The first-order chi connectivity index (χ1) is 10.2. The van der Waals surface area contributed by atoms with Crippen LogP contribution in [0.5, 0.6) is 5.75 Å². The molecule has 4 heteroatoms. The number of hydrogen-bond donors (Lipinski definition) is 1. The van der Waals surface area contributed by atoms with Crippen molar-refractivity contribution in [2.75, 3.05) is 6.61 Å². The molecule has 1 N–H and O–H groups in total. The third-order valence-corrected chi connectivity index (χ3v) is 2.75. The maximum absolute atomic E-state index is 13.1. The molecule has 108 valence electrons. The van der Waals surface area contributed by atoms with E-state index in [1.54, 1.807) is 6.20 Å². The van der Waals surface area contributed by atoms with Gasteiger partial charge in [0.25, 0.3) is 0 Å². The van der Waals surface area contributed by atoms with Crippen molar-refractivity contribution in [1.29, 1.82) is 0 Å². The largest absolute Gasteiger partial charge is 0.488 e. The molecular weight excluding hydrogens is 269 g/mol. The van der Waals surface area contributed by atoms with Crippen LogP contribution in [0.3, 0.4) is 0 Å². The smallest absolute Gasteiger partial charge is 0.141 e. The van der Waals surface area contributed by atoms with Crippen LogP contribution in [-0.4, -0.2) is 16.7 Å². The van der Waals surface area contributed by atoms with E-state index in [0.29, 0.717) is 17.7 Å². The molecule has 0 spiro atoms. The molecule has 0 aliphatic carbocycles. The fraction of sp³-hybridized carbons (Fsp3) is 0.235. The Hall–Kier alpha value is -2.38. The molecular formula is C17H16FNO2. The number of aliphatic hydroxyl groups excluding tert-OH is 1. The van der Waals surface area contributed by atoms with Gasteiger partial charge in [-0.1, -0.05) is 17.9 Å². The Morgan fingerprint density at radius 2 is 2.14 bits per heavy atom. The first-order valence-electron chi connectivity index (χ1n) is 6.61. The standard InChI is InChI=1S/C17H16FNO2/c1-13-5-6-17(15(8-13)4-2-3-7-20)21-12-14-9-16(18)11-19-10-14/h5-6,8-11,20H,3,7,12H2,1H3. The number of benzene rings is 1. The van der Waals surface area contributed by atoms with Gasteiger partial charge in [0.1, 0.15) is 18.2 Å². The van der Waals surface area contributed by atoms with Gasteiger partial charge in [-0.2, -0.15) is 0 Å². The van der Waals surface area contributed by atoms with Gasteiger partial charge in [0.2, 0.25) is 0 Å². The maximum Gasteiger partial charge on any atom is 0.141 e. The molecule has 1 aromatic heterocycles. The van der Waals surface area contributed by atoms with Crippen molar-refractivity contribution in [2.24, 2.45) is 0 Å². The monoisotopic (exact) mass is 285 g/mol. The zero-order valence-electron chi connectivity index (χ0n) is 11.8. The summed E-state index contributed by atoms with van der Waals surface area (Å²) in [5.74, 6) is 6.10. The SMILES string of the molecule is Cc1ccc(OCc2cncc(F)c2)c(C#CCCO)c1. The summed E-state index contributed by atoms with van der Waals surface area (Å²) in [6.45, 7) is 2.23. The molecule has 1 aromatic carbocycles. The lowest BCUT2D eigenvalue weighted by molar-refractivity contribution is 0.303. The highest BCUT2D eigenvalue weighted by Crippen LogP contribution is 2.20. The Morgan fingerprint density at radius 1 is 1.29 bits per heavy atom. The molecule has 0 amide bonds. The summed E-state index contributed by atoms with van der Waals surface area (Å²) < 4.78 is 18.8. The molecule has 0 aliphatic heterocycles. The second-order valence-corrected chi connectivity index (χ2v) is 4.58. The van der Waals surface area contributed by atoms with Crippen LogP contribution in [0.4, 0.5) is 4.39 Å². The number of nitrogens with zero attached hydrogens (tertiary/aromatic N) is 1. The minimum atomic E-state index is -0.386. The minimum Gasteiger partial charge on any atom is -0.488 e. The van der Waals surface area contributed by atoms with Gasteiger partial charge < -0.3 is 9.84 Å². The van der Waals surface area contributed by atoms with E-state index in [1.165, 1.54) is 6.07 Å². The zero-order valence-corrected chi connectivity index (χ0v) is 11.8. The quantitative estimate of drug-likeness (QED) is 0.878. The van der Waals surface area contributed by atoms with Gasteiger partial charge in [0, 0.05) is 18.2 Å². The summed E-state index contributed by atoms with van der Waals surface area (Å²) in [5.41, 5.74) is 2.49. The van der Waals surface area contributed by atoms with Gasteiger partial charge in [-0.25, -0.2) is 4.39 Å². The van der Waals surface area contributed by atoms with E-state index in [0.717, 1.165) is 17.3 Å². The zero-order chi connectivity index (χ0) is 15.1. The number of pyridine rings is 1. The Labute approximate surface area is 123 Å². The molecule has 0 radical (unpaired) electrons. The molecule has 21 heavy (non-hydrogen) atoms. The second kappa shape index (κ2) is 7.41. The Kier molecular flexibility index (Phi) is 5.30. The van der Waals surface area contributed by atoms with Crippen LogP contribution >= 0.6 is 0 Å². The third-order valence-electron chi connectivity index (χ3n) is 2.75. The number of halogens is 1. The molecule has 1 heterocycles. The van der Waals surface area contributed by atoms with Crippen molar-refractivity contribution in [1.82, 2.24) is 4.98 Å². The molecule has 2 rings (SSSR count). The van der Waals surface area contributed by atoms with E-state index in [-0.39, 0.29) is 19.0 Å². The highest BCUT2D eigenvalue weighted by atomic mass is 19.1. The number of aromatic nitrogens is 1. The molecule has 0 fully saturated rings. The van der Waals surface area contributed by atoms with Gasteiger partial charge in [0.05, 0.1) is 18.4 Å². The lowest BCUT2D eigenvalue weighted by atomic mass is 10.1. The van der Waals surface area contributed by atoms with E-state index >= 15 is 0 Å². The van der Waals surface area contributed by atoms with Crippen molar-refractivity contribution in [3.05, 3.63) is 59.2 Å². The van der Waals surface area contributed by atoms with Gasteiger partial charge in [-0.15, -0.1) is 0 Å². The minimum absolute atomic E-state index is 0.0317. The Morgan fingerprint density at radius 3 is 2.90 bits per heavy atom. The average molecular weight is 285 g/mol. The van der Waals surface area contributed by atoms with Crippen molar-refractivity contribution >= 4 is 0 Å². The summed E-state index contributed by atoms with van der Waals surface area (Å²) in [6.07, 6.45) is 3.14. The van der Waals surface area contributed by atoms with E-state index in [9.17, 15) is 4.39 Å². The number of ether oxygens (including phenoxy) is 1. The van der Waals surface area contributed by atoms with Crippen LogP contribution < -0.4 is 4.74 Å². The third kappa shape index (κ3) is 4.59. The molecule has 0 unspecified atom stereocenters. The molecule has 3 nitrogen and oxygen atoms in total. The molecule has 0 saturated carbocycles. The van der Waals surface area contributed by atoms with Gasteiger partial charge >= 0.3 is 0 Å². The van der Waals surface area contributed by atoms with E-state index in [4.69, 9.17) is 9.84 Å². The van der Waals surface area contributed by atoms with Gasteiger partial charge in [0.15, 0.2) is 0 Å². The molecule has 0 bridgehead atoms. The number of aliphatic hydroxyl groups is 1. The van der Waals surface area contributed by atoms with Crippen molar-refractivity contribution < 1.29 is 14.2 Å². The molecule has 0 aliphatic rings. The summed E-state index contributed by atoms with van der Waals surface area (Å²) in [7, 11) is 0. The summed E-state index contributed by atoms with van der Waals surface area (Å²) in [4.78, 5) is 3.78. The predicted molar refractivity (Wildman–Crippen MR) is 78.3 cm³/mol. The van der Waals surface area contributed by atoms with Crippen LogP contribution in [0.2, 0.25) is 0 Å². The lowest BCUT2D eigenvalue weighted by Gasteiger charge is -2.09. The fourth-order valence-electron chi connectivity index (χ4n) is 1.78. The van der Waals surface area contributed by atoms with Crippen LogP contribution in [0.1, 0.15) is 23.1 Å². The van der Waals surface area contributed by atoms with Crippen molar-refractivity contribution in [2.45, 2.75) is 20.0 Å². The Balaban J connectivity index is 2.14. The highest BCUT2D eigenvalue weighted by molar-refractivity contribution is 5.48. The fourth-order valence-corrected chi connectivity index (χ4v) is 1.78. The van der Waals surface area contributed by atoms with Crippen molar-refractivity contribution in [3.8, 4) is 17.6 Å². The van der Waals surface area contributed by atoms with Gasteiger partial charge in [-0.05, 0) is 30.7 Å². The number of hydrogen-bond acceptors (Lipinski definition) is 3. The molecule has 0 atom stereocenters. The highest BCUT2D eigenvalue weighted by Gasteiger charge is 2.03. The van der Waals surface area contributed by atoms with Crippen LogP contribution in [-0.2, 0) is 6.61 Å². The lowest BCUT2D eigenvalue weighted by Crippen LogP contribution is -1.99. The first kappa shape index (κ1) is 15.0.